The Balaban J connectivity index is 2.20. The molecule has 0 saturated carbocycles. The molecule has 0 fully saturated rings. The fourth-order valence-electron chi connectivity index (χ4n) is 3.14. The van der Waals surface area contributed by atoms with Crippen LogP contribution in [0.2, 0.25) is 0 Å². The van der Waals surface area contributed by atoms with Crippen molar-refractivity contribution in [2.75, 3.05) is 0 Å². The number of aromatic carboxylic acids is 1. The zero-order valence-corrected chi connectivity index (χ0v) is 15.3. The highest BCUT2D eigenvalue weighted by Crippen LogP contribution is 2.32. The lowest BCUT2D eigenvalue weighted by molar-refractivity contribution is 0.0696. The summed E-state index contributed by atoms with van der Waals surface area (Å²) in [4.78, 5) is 15.8. The molecular weight excluding hydrogens is 335 g/mol. The van der Waals surface area contributed by atoms with E-state index in [-0.39, 0.29) is 22.8 Å². The third kappa shape index (κ3) is 2.87. The first-order valence-electron chi connectivity index (χ1n) is 8.16. The van der Waals surface area contributed by atoms with E-state index in [4.69, 9.17) is 4.52 Å². The molecule has 3 rings (SSSR count). The maximum absolute atomic E-state index is 14.5. The Labute approximate surface area is 150 Å². The van der Waals surface area contributed by atoms with Crippen LogP contribution in [0.5, 0.6) is 0 Å². The number of nitrogens with zero attached hydrogens (tertiary/aromatic N) is 2. The lowest BCUT2D eigenvalue weighted by Crippen LogP contribution is -2.05. The van der Waals surface area contributed by atoms with Crippen molar-refractivity contribution < 1.29 is 18.8 Å². The van der Waals surface area contributed by atoms with E-state index in [0.717, 1.165) is 16.7 Å². The number of rotatable bonds is 3. The van der Waals surface area contributed by atoms with Gasteiger partial charge in [0.05, 0.1) is 11.1 Å². The molecule has 0 saturated heterocycles. The van der Waals surface area contributed by atoms with Gasteiger partial charge in [0.25, 0.3) is 5.89 Å². The highest BCUT2D eigenvalue weighted by atomic mass is 19.1. The van der Waals surface area contributed by atoms with Crippen LogP contribution in [0, 0.1) is 40.4 Å². The van der Waals surface area contributed by atoms with Crippen molar-refractivity contribution in [2.24, 2.45) is 0 Å². The van der Waals surface area contributed by atoms with Crippen LogP contribution in [0.15, 0.2) is 22.7 Å². The molecule has 0 radical (unpaired) electrons. The van der Waals surface area contributed by atoms with Crippen molar-refractivity contribution in [1.82, 2.24) is 10.1 Å². The second-order valence-electron chi connectivity index (χ2n) is 6.54. The van der Waals surface area contributed by atoms with Crippen molar-refractivity contribution in [3.63, 3.8) is 0 Å². The normalized spacial score (nSPS) is 11.0. The van der Waals surface area contributed by atoms with E-state index in [1.54, 1.807) is 32.0 Å². The van der Waals surface area contributed by atoms with Crippen molar-refractivity contribution in [1.29, 1.82) is 0 Å². The highest BCUT2D eigenvalue weighted by Gasteiger charge is 2.22. The third-order valence-corrected chi connectivity index (χ3v) is 4.62. The predicted molar refractivity (Wildman–Crippen MR) is 95.8 cm³/mol. The Morgan fingerprint density at radius 1 is 1.04 bits per heavy atom. The molecule has 26 heavy (non-hydrogen) atoms. The third-order valence-electron chi connectivity index (χ3n) is 4.62. The molecule has 0 unspecified atom stereocenters. The van der Waals surface area contributed by atoms with Gasteiger partial charge in [-0.15, -0.1) is 0 Å². The van der Waals surface area contributed by atoms with E-state index in [0.29, 0.717) is 16.7 Å². The quantitative estimate of drug-likeness (QED) is 0.732. The van der Waals surface area contributed by atoms with Gasteiger partial charge in [-0.05, 0) is 74.6 Å². The van der Waals surface area contributed by atoms with Crippen LogP contribution in [0.1, 0.15) is 38.2 Å². The fourth-order valence-corrected chi connectivity index (χ4v) is 3.14. The molecule has 0 bridgehead atoms. The van der Waals surface area contributed by atoms with Gasteiger partial charge in [-0.1, -0.05) is 11.2 Å². The Morgan fingerprint density at radius 2 is 1.73 bits per heavy atom. The molecule has 134 valence electrons. The van der Waals surface area contributed by atoms with E-state index in [2.05, 4.69) is 10.1 Å². The molecule has 1 N–H and O–H groups in total. The molecule has 0 aliphatic heterocycles. The van der Waals surface area contributed by atoms with E-state index in [1.807, 2.05) is 20.8 Å². The largest absolute Gasteiger partial charge is 0.478 e. The van der Waals surface area contributed by atoms with E-state index in [1.165, 1.54) is 0 Å². The Morgan fingerprint density at radius 3 is 2.38 bits per heavy atom. The lowest BCUT2D eigenvalue weighted by atomic mass is 9.93. The molecule has 0 amide bonds. The van der Waals surface area contributed by atoms with Crippen LogP contribution in [-0.4, -0.2) is 21.2 Å². The summed E-state index contributed by atoms with van der Waals surface area (Å²) in [6.07, 6.45) is 0. The number of aromatic nitrogens is 2. The summed E-state index contributed by atoms with van der Waals surface area (Å²) >= 11 is 0. The first kappa shape index (κ1) is 17.8. The Kier molecular flexibility index (Phi) is 4.36. The minimum atomic E-state index is -1.02. The molecule has 0 atom stereocenters. The van der Waals surface area contributed by atoms with E-state index in [9.17, 15) is 14.3 Å². The van der Waals surface area contributed by atoms with Crippen molar-refractivity contribution in [2.45, 2.75) is 34.6 Å². The van der Waals surface area contributed by atoms with Crippen LogP contribution in [0.3, 0.4) is 0 Å². The van der Waals surface area contributed by atoms with Crippen LogP contribution < -0.4 is 0 Å². The number of hydrogen-bond donors (Lipinski definition) is 1. The number of aryl methyl sites for hydroxylation is 3. The monoisotopic (exact) mass is 354 g/mol. The van der Waals surface area contributed by atoms with Crippen LogP contribution in [0.25, 0.3) is 22.8 Å². The topological polar surface area (TPSA) is 76.2 Å². The van der Waals surface area contributed by atoms with Gasteiger partial charge in [-0.3, -0.25) is 0 Å². The maximum Gasteiger partial charge on any atom is 0.335 e. The standard InChI is InChI=1S/C20H19FN2O3/c1-9-6-11(3)17(21)15(7-9)19-22-18(23-26-19)16-12(4)10(2)8-14(13(16)5)20(24)25/h6-8H,1-5H3,(H,24,25). The fraction of sp³-hybridized carbons (Fsp3) is 0.250. The number of carbonyl (C=O) groups is 1. The summed E-state index contributed by atoms with van der Waals surface area (Å²) in [7, 11) is 0. The molecule has 0 aliphatic carbocycles. The molecule has 6 heteroatoms. The first-order chi connectivity index (χ1) is 12.2. The molecule has 3 aromatic rings. The molecule has 0 aliphatic rings. The zero-order chi connectivity index (χ0) is 19.2. The summed E-state index contributed by atoms with van der Waals surface area (Å²) in [6.45, 7) is 8.95. The molecule has 1 heterocycles. The Hall–Kier alpha value is -3.02. The number of hydrogen-bond acceptors (Lipinski definition) is 4. The number of carboxylic acid groups (broad SMARTS) is 1. The van der Waals surface area contributed by atoms with E-state index < -0.39 is 11.8 Å². The Bertz CT molecular complexity index is 1040. The first-order valence-corrected chi connectivity index (χ1v) is 8.16. The number of benzene rings is 2. The minimum Gasteiger partial charge on any atom is -0.478 e. The van der Waals surface area contributed by atoms with Crippen molar-refractivity contribution >= 4 is 5.97 Å². The average Bonchev–Trinajstić information content (AvgIpc) is 3.03. The number of carboxylic acids is 1. The van der Waals surface area contributed by atoms with Crippen molar-refractivity contribution in [3.05, 3.63) is 57.4 Å². The second-order valence-corrected chi connectivity index (χ2v) is 6.54. The van der Waals surface area contributed by atoms with Crippen LogP contribution >= 0.6 is 0 Å². The molecule has 1 aromatic heterocycles. The minimum absolute atomic E-state index is 0.0708. The van der Waals surface area contributed by atoms with Crippen molar-refractivity contribution in [3.8, 4) is 22.8 Å². The van der Waals surface area contributed by atoms with Crippen LogP contribution in [0.4, 0.5) is 4.39 Å². The average molecular weight is 354 g/mol. The van der Waals surface area contributed by atoms with Gasteiger partial charge in [0.15, 0.2) is 0 Å². The van der Waals surface area contributed by atoms with Gasteiger partial charge in [-0.25, -0.2) is 9.18 Å². The zero-order valence-electron chi connectivity index (χ0n) is 15.3. The SMILES string of the molecule is Cc1cc(C)c(F)c(-c2nc(-c3c(C)c(C)cc(C(=O)O)c3C)no2)c1. The molecular formula is C20H19FN2O3. The summed E-state index contributed by atoms with van der Waals surface area (Å²) in [5.74, 6) is -1.10. The van der Waals surface area contributed by atoms with Gasteiger partial charge >= 0.3 is 5.97 Å². The molecule has 0 spiro atoms. The summed E-state index contributed by atoms with van der Waals surface area (Å²) in [5, 5.41) is 13.4. The van der Waals surface area contributed by atoms with Gasteiger partial charge in [0, 0.05) is 5.56 Å². The van der Waals surface area contributed by atoms with Gasteiger partial charge < -0.3 is 9.63 Å². The lowest BCUT2D eigenvalue weighted by Gasteiger charge is -2.12. The number of halogens is 1. The van der Waals surface area contributed by atoms with Crippen LogP contribution in [-0.2, 0) is 0 Å². The summed E-state index contributed by atoms with van der Waals surface area (Å²) < 4.78 is 19.8. The molecule has 2 aromatic carbocycles. The summed E-state index contributed by atoms with van der Waals surface area (Å²) in [6, 6.07) is 5.02. The molecule has 5 nitrogen and oxygen atoms in total. The second kappa shape index (κ2) is 6.37. The van der Waals surface area contributed by atoms with Gasteiger partial charge in [0.1, 0.15) is 5.82 Å². The van der Waals surface area contributed by atoms with Gasteiger partial charge in [0.2, 0.25) is 5.82 Å². The van der Waals surface area contributed by atoms with Gasteiger partial charge in [-0.2, -0.15) is 4.98 Å². The summed E-state index contributed by atoms with van der Waals surface area (Å²) in [5.41, 5.74) is 4.63. The predicted octanol–water partition coefficient (Wildman–Crippen LogP) is 4.78. The highest BCUT2D eigenvalue weighted by molar-refractivity contribution is 5.92. The smallest absolute Gasteiger partial charge is 0.335 e. The maximum atomic E-state index is 14.5. The van der Waals surface area contributed by atoms with E-state index >= 15 is 0 Å².